The molecule has 0 aliphatic rings. The lowest BCUT2D eigenvalue weighted by atomic mass is 10.1. The zero-order valence-electron chi connectivity index (χ0n) is 12.5. The van der Waals surface area contributed by atoms with Crippen LogP contribution in [0.3, 0.4) is 0 Å². The molecule has 0 atom stereocenters. The summed E-state index contributed by atoms with van der Waals surface area (Å²) in [5.41, 5.74) is 1.72. The summed E-state index contributed by atoms with van der Waals surface area (Å²) in [5, 5.41) is 2.46. The lowest BCUT2D eigenvalue weighted by Crippen LogP contribution is -2.13. The van der Waals surface area contributed by atoms with Crippen molar-refractivity contribution < 1.29 is 18.0 Å². The Balaban J connectivity index is 1.91. The number of thiazole rings is 1. The maximum Gasteiger partial charge on any atom is 0.416 e. The molecule has 0 spiro atoms. The van der Waals surface area contributed by atoms with Gasteiger partial charge in [0.2, 0.25) is 0 Å². The number of hydrogen-bond acceptors (Lipinski definition) is 3. The molecule has 0 aliphatic carbocycles. The Hall–Kier alpha value is -2.38. The van der Waals surface area contributed by atoms with E-state index in [0.29, 0.717) is 10.6 Å². The molecule has 1 N–H and O–H groups in total. The maximum absolute atomic E-state index is 12.8. The summed E-state index contributed by atoms with van der Waals surface area (Å²) < 4.78 is 38.5. The van der Waals surface area contributed by atoms with Crippen LogP contribution in [0.15, 0.2) is 54.0 Å². The fraction of sp³-hybridized carbons (Fsp3) is 0.0588. The summed E-state index contributed by atoms with van der Waals surface area (Å²) in [7, 11) is 0. The average Bonchev–Trinajstić information content (AvgIpc) is 3.06. The molecule has 3 aromatic rings. The Labute approximate surface area is 150 Å². The van der Waals surface area contributed by atoms with Crippen molar-refractivity contribution in [3.63, 3.8) is 0 Å². The van der Waals surface area contributed by atoms with Gasteiger partial charge in [0.05, 0.1) is 27.5 Å². The molecule has 0 fully saturated rings. The molecule has 1 amide bonds. The van der Waals surface area contributed by atoms with Crippen molar-refractivity contribution in [3.8, 4) is 11.3 Å². The summed E-state index contributed by atoms with van der Waals surface area (Å²) in [6.07, 6.45) is -4.52. The summed E-state index contributed by atoms with van der Waals surface area (Å²) >= 11 is 7.01. The van der Waals surface area contributed by atoms with E-state index in [9.17, 15) is 18.0 Å². The monoisotopic (exact) mass is 382 g/mol. The number of nitrogens with zero attached hydrogens (tertiary/aromatic N) is 1. The molecule has 3 rings (SSSR count). The molecule has 8 heteroatoms. The largest absolute Gasteiger partial charge is 0.416 e. The summed E-state index contributed by atoms with van der Waals surface area (Å²) in [5.74, 6) is -0.567. The van der Waals surface area contributed by atoms with Gasteiger partial charge in [-0.1, -0.05) is 41.9 Å². The number of hydrogen-bond donors (Lipinski definition) is 1. The van der Waals surface area contributed by atoms with E-state index in [4.69, 9.17) is 11.6 Å². The number of aromatic nitrogens is 1. The van der Waals surface area contributed by atoms with E-state index in [2.05, 4.69) is 10.3 Å². The highest BCUT2D eigenvalue weighted by molar-refractivity contribution is 7.12. The molecule has 0 bridgehead atoms. The Morgan fingerprint density at radius 3 is 2.52 bits per heavy atom. The first-order valence-electron chi connectivity index (χ1n) is 7.03. The predicted octanol–water partition coefficient (Wildman–Crippen LogP) is 5.73. The van der Waals surface area contributed by atoms with Gasteiger partial charge in [0, 0.05) is 5.56 Å². The molecule has 25 heavy (non-hydrogen) atoms. The number of nitrogens with one attached hydrogen (secondary N) is 1. The average molecular weight is 383 g/mol. The Bertz CT molecular complexity index is 910. The molecule has 0 saturated carbocycles. The van der Waals surface area contributed by atoms with Crippen molar-refractivity contribution >= 4 is 34.5 Å². The lowest BCUT2D eigenvalue weighted by Gasteiger charge is -2.11. The minimum Gasteiger partial charge on any atom is -0.320 e. The first-order chi connectivity index (χ1) is 11.9. The Kier molecular flexibility index (Phi) is 4.78. The molecular weight excluding hydrogens is 373 g/mol. The van der Waals surface area contributed by atoms with Crippen LogP contribution in [-0.4, -0.2) is 10.9 Å². The number of rotatable bonds is 3. The number of carbonyl (C=O) groups is 1. The van der Waals surface area contributed by atoms with Crippen LogP contribution in [0.1, 0.15) is 15.2 Å². The van der Waals surface area contributed by atoms with E-state index in [1.54, 1.807) is 24.3 Å². The minimum absolute atomic E-state index is 0.0205. The Morgan fingerprint density at radius 1 is 1.12 bits per heavy atom. The van der Waals surface area contributed by atoms with Crippen LogP contribution < -0.4 is 5.32 Å². The second kappa shape index (κ2) is 6.85. The normalized spacial score (nSPS) is 11.4. The number of amides is 1. The quantitative estimate of drug-likeness (QED) is 0.628. The molecule has 0 saturated heterocycles. The van der Waals surface area contributed by atoms with Crippen LogP contribution in [-0.2, 0) is 6.18 Å². The topological polar surface area (TPSA) is 42.0 Å². The highest BCUT2D eigenvalue weighted by Gasteiger charge is 2.31. The number of carbonyl (C=O) groups excluding carboxylic acids is 1. The van der Waals surface area contributed by atoms with Gasteiger partial charge in [-0.2, -0.15) is 13.2 Å². The van der Waals surface area contributed by atoms with E-state index < -0.39 is 17.6 Å². The van der Waals surface area contributed by atoms with E-state index >= 15 is 0 Å². The van der Waals surface area contributed by atoms with Gasteiger partial charge in [-0.05, 0) is 18.2 Å². The zero-order valence-corrected chi connectivity index (χ0v) is 14.0. The first kappa shape index (κ1) is 17.4. The van der Waals surface area contributed by atoms with E-state index in [1.807, 2.05) is 6.07 Å². The number of anilines is 1. The van der Waals surface area contributed by atoms with Crippen LogP contribution >= 0.6 is 22.9 Å². The highest BCUT2D eigenvalue weighted by atomic mass is 35.5. The maximum atomic E-state index is 12.8. The minimum atomic E-state index is -4.52. The van der Waals surface area contributed by atoms with Crippen molar-refractivity contribution in [2.45, 2.75) is 6.18 Å². The molecule has 3 nitrogen and oxygen atoms in total. The smallest absolute Gasteiger partial charge is 0.320 e. The molecule has 0 aliphatic heterocycles. The van der Waals surface area contributed by atoms with Gasteiger partial charge in [-0.3, -0.25) is 4.79 Å². The molecule has 1 heterocycles. The van der Waals surface area contributed by atoms with E-state index in [-0.39, 0.29) is 10.7 Å². The first-order valence-corrected chi connectivity index (χ1v) is 8.29. The number of benzene rings is 2. The molecule has 1 aromatic heterocycles. The van der Waals surface area contributed by atoms with Crippen molar-refractivity contribution in [1.82, 2.24) is 4.98 Å². The lowest BCUT2D eigenvalue weighted by molar-refractivity contribution is -0.137. The van der Waals surface area contributed by atoms with E-state index in [0.717, 1.165) is 35.1 Å². The summed E-state index contributed by atoms with van der Waals surface area (Å²) in [4.78, 5) is 17.0. The van der Waals surface area contributed by atoms with Gasteiger partial charge < -0.3 is 5.32 Å². The van der Waals surface area contributed by atoms with Crippen LogP contribution in [0.5, 0.6) is 0 Å². The van der Waals surface area contributed by atoms with E-state index in [1.165, 1.54) is 5.51 Å². The van der Waals surface area contributed by atoms with Gasteiger partial charge in [0.25, 0.3) is 5.91 Å². The molecule has 2 aromatic carbocycles. The van der Waals surface area contributed by atoms with Crippen molar-refractivity contribution in [2.75, 3.05) is 5.32 Å². The predicted molar refractivity (Wildman–Crippen MR) is 92.0 cm³/mol. The molecule has 0 unspecified atom stereocenters. The Morgan fingerprint density at radius 2 is 1.84 bits per heavy atom. The van der Waals surface area contributed by atoms with Crippen molar-refractivity contribution in [1.29, 1.82) is 0 Å². The van der Waals surface area contributed by atoms with Crippen LogP contribution in [0.25, 0.3) is 11.3 Å². The SMILES string of the molecule is O=C(Nc1cc(C(F)(F)F)ccc1Cl)c1scnc1-c1ccccc1. The zero-order chi connectivity index (χ0) is 18.0. The molecule has 128 valence electrons. The number of halogens is 4. The van der Waals surface area contributed by atoms with Crippen LogP contribution in [0, 0.1) is 0 Å². The fourth-order valence-corrected chi connectivity index (χ4v) is 3.05. The standard InChI is InChI=1S/C17H10ClF3N2OS/c18-12-7-6-11(17(19,20)21)8-13(12)23-16(24)15-14(22-9-25-15)10-4-2-1-3-5-10/h1-9H,(H,23,24). The third-order valence-corrected chi connectivity index (χ3v) is 4.52. The highest BCUT2D eigenvalue weighted by Crippen LogP contribution is 2.34. The number of alkyl halides is 3. The van der Waals surface area contributed by atoms with Crippen molar-refractivity contribution in [3.05, 3.63) is 69.5 Å². The molecular formula is C17H10ClF3N2OS. The third kappa shape index (κ3) is 3.83. The van der Waals surface area contributed by atoms with Gasteiger partial charge in [-0.15, -0.1) is 11.3 Å². The summed E-state index contributed by atoms with van der Waals surface area (Å²) in [6, 6.07) is 11.8. The van der Waals surface area contributed by atoms with Crippen LogP contribution in [0.2, 0.25) is 5.02 Å². The van der Waals surface area contributed by atoms with Gasteiger partial charge in [-0.25, -0.2) is 4.98 Å². The summed E-state index contributed by atoms with van der Waals surface area (Å²) in [6.45, 7) is 0. The van der Waals surface area contributed by atoms with Crippen molar-refractivity contribution in [2.24, 2.45) is 0 Å². The van der Waals surface area contributed by atoms with Crippen LogP contribution in [0.4, 0.5) is 18.9 Å². The fourth-order valence-electron chi connectivity index (χ4n) is 2.19. The molecule has 0 radical (unpaired) electrons. The van der Waals surface area contributed by atoms with Gasteiger partial charge in [0.15, 0.2) is 0 Å². The van der Waals surface area contributed by atoms with Gasteiger partial charge in [0.1, 0.15) is 4.88 Å². The van der Waals surface area contributed by atoms with Gasteiger partial charge >= 0.3 is 6.18 Å². The second-order valence-electron chi connectivity index (χ2n) is 5.04. The second-order valence-corrected chi connectivity index (χ2v) is 6.30. The third-order valence-electron chi connectivity index (χ3n) is 3.36.